The third kappa shape index (κ3) is 9.25. The van der Waals surface area contributed by atoms with Crippen LogP contribution in [0.2, 0.25) is 0 Å². The molecular weight excluding hydrogens is 626 g/mol. The normalized spacial score (nSPS) is 43.8. The maximum Gasteiger partial charge on any atom is 0.241 e. The van der Waals surface area contributed by atoms with Crippen LogP contribution in [0.1, 0.15) is 81.1 Å². The van der Waals surface area contributed by atoms with Crippen LogP contribution in [0.5, 0.6) is 0 Å². The van der Waals surface area contributed by atoms with Crippen molar-refractivity contribution in [1.29, 1.82) is 0 Å². The molecule has 3 saturated heterocycles. The molecule has 0 aliphatic carbocycles. The molecule has 3 amide bonds. The summed E-state index contributed by atoms with van der Waals surface area (Å²) in [6.07, 6.45) is -6.33. The summed E-state index contributed by atoms with van der Waals surface area (Å²) in [5.41, 5.74) is -2.57. The number of likely N-dealkylation sites (N-methyl/N-ethyl adjacent to an activating group) is 2. The molecule has 48 heavy (non-hydrogen) atoms. The van der Waals surface area contributed by atoms with E-state index in [4.69, 9.17) is 23.7 Å². The van der Waals surface area contributed by atoms with Crippen LogP contribution in [0.4, 0.5) is 0 Å². The highest BCUT2D eigenvalue weighted by molar-refractivity contribution is 5.85. The molecule has 14 nitrogen and oxygen atoms in total. The summed E-state index contributed by atoms with van der Waals surface area (Å²) in [6, 6.07) is -0.591. The molecule has 0 aromatic rings. The van der Waals surface area contributed by atoms with Gasteiger partial charge in [0, 0.05) is 46.5 Å². The Balaban J connectivity index is 2.07. The number of carbonyl (C=O) groups excluding carboxylic acids is 3. The number of amides is 3. The highest BCUT2D eigenvalue weighted by Crippen LogP contribution is 2.39. The van der Waals surface area contributed by atoms with Gasteiger partial charge in [0.15, 0.2) is 12.6 Å². The second kappa shape index (κ2) is 16.4. The first-order valence-electron chi connectivity index (χ1n) is 17.3. The smallest absolute Gasteiger partial charge is 0.241 e. The molecule has 4 N–H and O–H groups in total. The van der Waals surface area contributed by atoms with Gasteiger partial charge in [0.1, 0.15) is 12.2 Å². The van der Waals surface area contributed by atoms with Gasteiger partial charge in [-0.1, -0.05) is 27.7 Å². The lowest BCUT2D eigenvalue weighted by Gasteiger charge is -2.49. The van der Waals surface area contributed by atoms with Crippen LogP contribution >= 0.6 is 0 Å². The molecule has 0 aromatic heterocycles. The largest absolute Gasteiger partial charge is 0.387 e. The summed E-state index contributed by atoms with van der Waals surface area (Å²) in [5, 5.41) is 37.4. The number of carbonyl (C=O) groups is 3. The summed E-state index contributed by atoms with van der Waals surface area (Å²) in [5.74, 6) is -2.63. The SMILES string of the molecule is CCC(=O)N(C)[C@H]1C[C@@H](C)O[C@@H](O[C@@H]2[C@@H](C)[C@H](O[C@H]3C[C@@](C)(OC)[C@@H](O)[C@H](C)O3)[C@@H](C)C(=O)NCC(=O)N(C)C[C@H](C)C[C@@]2(C)O)[C@@H]1O. The van der Waals surface area contributed by atoms with E-state index in [0.29, 0.717) is 13.0 Å². The summed E-state index contributed by atoms with van der Waals surface area (Å²) in [6.45, 7) is 14.2. The zero-order valence-electron chi connectivity index (χ0n) is 30.7. The Kier molecular flexibility index (Phi) is 13.9. The number of methoxy groups -OCH3 is 1. The maximum atomic E-state index is 13.6. The van der Waals surface area contributed by atoms with Gasteiger partial charge in [-0.2, -0.15) is 0 Å². The van der Waals surface area contributed by atoms with Gasteiger partial charge in [0.05, 0.1) is 54.1 Å². The Morgan fingerprint density at radius 2 is 1.73 bits per heavy atom. The first-order chi connectivity index (χ1) is 22.3. The van der Waals surface area contributed by atoms with Crippen LogP contribution in [0, 0.1) is 17.8 Å². The Morgan fingerprint density at radius 3 is 2.33 bits per heavy atom. The van der Waals surface area contributed by atoms with Crippen LogP contribution in [-0.4, -0.2) is 144 Å². The lowest BCUT2D eigenvalue weighted by Crippen LogP contribution is -2.61. The van der Waals surface area contributed by atoms with E-state index < -0.39 is 78.1 Å². The molecule has 0 saturated carbocycles. The first kappa shape index (κ1) is 40.5. The minimum Gasteiger partial charge on any atom is -0.387 e. The van der Waals surface area contributed by atoms with Crippen molar-refractivity contribution in [3.05, 3.63) is 0 Å². The van der Waals surface area contributed by atoms with E-state index in [1.807, 2.05) is 13.8 Å². The number of hydrogen-bond acceptors (Lipinski definition) is 11. The summed E-state index contributed by atoms with van der Waals surface area (Å²) < 4.78 is 31.1. The number of rotatable bonds is 7. The first-order valence-corrected chi connectivity index (χ1v) is 17.3. The fraction of sp³-hybridized carbons (Fsp3) is 0.912. The third-order valence-corrected chi connectivity index (χ3v) is 10.6. The van der Waals surface area contributed by atoms with Gasteiger partial charge in [0.2, 0.25) is 17.7 Å². The van der Waals surface area contributed by atoms with Gasteiger partial charge < -0.3 is 54.1 Å². The molecule has 0 radical (unpaired) electrons. The van der Waals surface area contributed by atoms with Crippen molar-refractivity contribution in [2.45, 2.75) is 148 Å². The Bertz CT molecular complexity index is 1110. The second-order valence-corrected chi connectivity index (χ2v) is 14.9. The quantitative estimate of drug-likeness (QED) is 0.301. The Hall–Kier alpha value is -1.91. The lowest BCUT2D eigenvalue weighted by atomic mass is 9.77. The van der Waals surface area contributed by atoms with Crippen LogP contribution in [0.15, 0.2) is 0 Å². The van der Waals surface area contributed by atoms with E-state index in [0.717, 1.165) is 0 Å². The lowest BCUT2D eigenvalue weighted by molar-refractivity contribution is -0.317. The van der Waals surface area contributed by atoms with Crippen molar-refractivity contribution in [2.24, 2.45) is 17.8 Å². The minimum absolute atomic E-state index is 0.134. The summed E-state index contributed by atoms with van der Waals surface area (Å²) >= 11 is 0. The molecule has 0 spiro atoms. The van der Waals surface area contributed by atoms with Gasteiger partial charge in [-0.15, -0.1) is 0 Å². The van der Waals surface area contributed by atoms with Gasteiger partial charge in [0.25, 0.3) is 0 Å². The maximum absolute atomic E-state index is 13.6. The molecule has 278 valence electrons. The third-order valence-electron chi connectivity index (χ3n) is 10.6. The number of aliphatic hydroxyl groups excluding tert-OH is 2. The fourth-order valence-corrected chi connectivity index (χ4v) is 7.64. The number of hydrogen-bond donors (Lipinski definition) is 4. The predicted octanol–water partition coefficient (Wildman–Crippen LogP) is 1.03. The van der Waals surface area contributed by atoms with Gasteiger partial charge in [-0.25, -0.2) is 0 Å². The van der Waals surface area contributed by atoms with Crippen molar-refractivity contribution in [3.8, 4) is 0 Å². The zero-order chi connectivity index (χ0) is 36.3. The highest BCUT2D eigenvalue weighted by atomic mass is 16.7. The van der Waals surface area contributed by atoms with Crippen molar-refractivity contribution >= 4 is 17.7 Å². The van der Waals surface area contributed by atoms with Gasteiger partial charge in [-0.05, 0) is 46.5 Å². The van der Waals surface area contributed by atoms with Gasteiger partial charge >= 0.3 is 0 Å². The predicted molar refractivity (Wildman–Crippen MR) is 175 cm³/mol. The van der Waals surface area contributed by atoms with Crippen molar-refractivity contribution in [1.82, 2.24) is 15.1 Å². The number of ether oxygens (including phenoxy) is 5. The summed E-state index contributed by atoms with van der Waals surface area (Å²) in [4.78, 5) is 42.2. The second-order valence-electron chi connectivity index (χ2n) is 14.9. The zero-order valence-corrected chi connectivity index (χ0v) is 30.7. The molecule has 3 rings (SSSR count). The van der Waals surface area contributed by atoms with Gasteiger partial charge in [-0.3, -0.25) is 14.4 Å². The highest BCUT2D eigenvalue weighted by Gasteiger charge is 2.51. The van der Waals surface area contributed by atoms with E-state index in [1.54, 1.807) is 55.6 Å². The molecule has 0 unspecified atom stereocenters. The minimum atomic E-state index is -1.57. The average Bonchev–Trinajstić information content (AvgIpc) is 3.02. The van der Waals surface area contributed by atoms with Crippen LogP contribution in [-0.2, 0) is 38.1 Å². The van der Waals surface area contributed by atoms with Crippen molar-refractivity contribution < 1.29 is 53.4 Å². The van der Waals surface area contributed by atoms with E-state index in [9.17, 15) is 29.7 Å². The molecule has 3 aliphatic rings. The summed E-state index contributed by atoms with van der Waals surface area (Å²) in [7, 11) is 4.80. The van der Waals surface area contributed by atoms with E-state index in [1.165, 1.54) is 16.9 Å². The molecule has 3 heterocycles. The monoisotopic (exact) mass is 687 g/mol. The molecule has 0 bridgehead atoms. The molecule has 14 atom stereocenters. The molecular formula is C34H61N3O11. The topological polar surface area (TPSA) is 177 Å². The number of nitrogens with zero attached hydrogens (tertiary/aromatic N) is 2. The van der Waals surface area contributed by atoms with E-state index in [-0.39, 0.29) is 49.6 Å². The molecule has 3 fully saturated rings. The van der Waals surface area contributed by atoms with Crippen LogP contribution in [0.3, 0.4) is 0 Å². The fourth-order valence-electron chi connectivity index (χ4n) is 7.64. The standard InChI is InChI=1S/C34H61N3O11/c1-12-24(38)37(10)23-13-19(3)45-32(27(23)40)48-30-20(4)28(47-26-15-34(8,44-11)29(41)22(6)46-26)21(5)31(42)35-16-25(39)36(9)17-18(2)14-33(30,7)43/h18-23,26-30,32,40-41,43H,12-17H2,1-11H3,(H,35,42)/t18-,19-,20+,21-,22+,23+,26+,27-,28+,29+,30-,32+,33-,34-/m1/s1. The van der Waals surface area contributed by atoms with Crippen molar-refractivity contribution in [2.75, 3.05) is 34.3 Å². The molecule has 14 heteroatoms. The van der Waals surface area contributed by atoms with E-state index >= 15 is 0 Å². The van der Waals surface area contributed by atoms with Crippen molar-refractivity contribution in [3.63, 3.8) is 0 Å². The Labute approximate surface area is 285 Å². The molecule has 0 aromatic carbocycles. The van der Waals surface area contributed by atoms with Crippen LogP contribution < -0.4 is 5.32 Å². The number of aliphatic hydroxyl groups is 3. The number of nitrogens with one attached hydrogen (secondary N) is 1. The Morgan fingerprint density at radius 1 is 1.08 bits per heavy atom. The average molecular weight is 688 g/mol. The van der Waals surface area contributed by atoms with E-state index in [2.05, 4.69) is 5.32 Å². The molecule has 3 aliphatic heterocycles. The van der Waals surface area contributed by atoms with Crippen LogP contribution in [0.25, 0.3) is 0 Å².